The fourth-order valence-corrected chi connectivity index (χ4v) is 10.6. The number of benzene rings is 1. The standard InChI is InChI=1S/C44H51NO16/c1-22-16-17-31-30(15-12-18-45-31)41(53)55-20-42(8)19-43-23(2)33(60-39(22)51)35(61-40(52)29-13-10-9-11-14-29)38(59-28(7)50)44(43,21-54-24(3)46)37(58-27(6)49)34(56-25(4)47)32(42)36(43)57-26(5)48/h9-15,18,22-23,32-38H,16-17,19-21H2,1-8H3/t22-,23-,32-,33-,34-,35+,36-,37-,38+,42-,43+,44-/m1/s1. The quantitative estimate of drug-likeness (QED) is 0.271. The van der Waals surface area contributed by atoms with Crippen LogP contribution in [0.1, 0.15) is 94.6 Å². The zero-order chi connectivity index (χ0) is 44.6. The molecule has 2 aromatic rings. The Balaban J connectivity index is 1.74. The van der Waals surface area contributed by atoms with Gasteiger partial charge in [0.05, 0.1) is 34.8 Å². The number of hydrogen-bond donors (Lipinski definition) is 0. The minimum atomic E-state index is -2.14. The molecule has 0 amide bonds. The SMILES string of the molecule is CC(=O)OC[C@]12[C@H](OC(C)=O)[C@H](OC(C)=O)[C@@H]3[C@@H](OC(C)=O)[C@@]14C[C@]3(C)COC(=O)c1cccnc1CC[C@@H](C)C(=O)O[C@@H]([C@H](OC(=O)c1ccccc1)[C@@H]2OC(C)=O)[C@H]4C. The fourth-order valence-electron chi connectivity index (χ4n) is 10.6. The molecule has 4 bridgehead atoms. The second-order valence-corrected chi connectivity index (χ2v) is 16.8. The molecule has 0 radical (unpaired) electrons. The number of aromatic nitrogens is 1. The van der Waals surface area contributed by atoms with E-state index in [1.807, 2.05) is 0 Å². The molecule has 12 atom stereocenters. The number of carbonyl (C=O) groups excluding carboxylic acids is 8. The second kappa shape index (κ2) is 17.2. The number of aryl methyl sites for hydroxylation is 1. The van der Waals surface area contributed by atoms with Gasteiger partial charge in [0.1, 0.15) is 24.9 Å². The smallest absolute Gasteiger partial charge is 0.340 e. The van der Waals surface area contributed by atoms with Gasteiger partial charge in [-0.1, -0.05) is 39.0 Å². The summed E-state index contributed by atoms with van der Waals surface area (Å²) in [6.45, 7) is 9.33. The van der Waals surface area contributed by atoms with Gasteiger partial charge in [-0.05, 0) is 43.5 Å². The van der Waals surface area contributed by atoms with Crippen LogP contribution >= 0.6 is 0 Å². The topological polar surface area (TPSA) is 223 Å². The van der Waals surface area contributed by atoms with Gasteiger partial charge in [0, 0.05) is 63.5 Å². The first-order chi connectivity index (χ1) is 28.8. The molecule has 3 aliphatic carbocycles. The number of fused-ring (bicyclic) bond motifs is 5. The minimum Gasteiger partial charge on any atom is -0.465 e. The first-order valence-electron chi connectivity index (χ1n) is 20.2. The summed E-state index contributed by atoms with van der Waals surface area (Å²) < 4.78 is 49.6. The summed E-state index contributed by atoms with van der Waals surface area (Å²) in [5.74, 6) is -9.95. The highest BCUT2D eigenvalue weighted by Crippen LogP contribution is 2.75. The summed E-state index contributed by atoms with van der Waals surface area (Å²) in [5, 5.41) is 0. The lowest BCUT2D eigenvalue weighted by Crippen LogP contribution is -2.80. The van der Waals surface area contributed by atoms with E-state index in [2.05, 4.69) is 4.98 Å². The summed E-state index contributed by atoms with van der Waals surface area (Å²) >= 11 is 0. The van der Waals surface area contributed by atoms with Crippen LogP contribution in [0.3, 0.4) is 0 Å². The van der Waals surface area contributed by atoms with Crippen molar-refractivity contribution in [3.05, 3.63) is 65.5 Å². The Morgan fingerprint density at radius 2 is 1.36 bits per heavy atom. The molecule has 0 saturated heterocycles. The van der Waals surface area contributed by atoms with Crippen LogP contribution in [0.15, 0.2) is 48.7 Å². The molecule has 17 heteroatoms. The van der Waals surface area contributed by atoms with Crippen molar-refractivity contribution < 1.29 is 76.3 Å². The Morgan fingerprint density at radius 1 is 0.754 bits per heavy atom. The third kappa shape index (κ3) is 8.06. The van der Waals surface area contributed by atoms with Gasteiger partial charge in [-0.15, -0.1) is 0 Å². The molecule has 1 spiro atoms. The molecule has 6 rings (SSSR count). The van der Waals surface area contributed by atoms with E-state index in [4.69, 9.17) is 37.9 Å². The summed E-state index contributed by atoms with van der Waals surface area (Å²) in [6, 6.07) is 10.9. The third-order valence-electron chi connectivity index (χ3n) is 12.9. The number of hydrogen-bond acceptors (Lipinski definition) is 17. The maximum Gasteiger partial charge on any atom is 0.340 e. The molecule has 17 nitrogen and oxygen atoms in total. The van der Waals surface area contributed by atoms with Crippen LogP contribution in [0, 0.1) is 34.0 Å². The normalized spacial score (nSPS) is 34.1. The van der Waals surface area contributed by atoms with Crippen LogP contribution in [0.25, 0.3) is 0 Å². The molecule has 3 saturated carbocycles. The van der Waals surface area contributed by atoms with E-state index in [0.29, 0.717) is 5.69 Å². The van der Waals surface area contributed by atoms with Crippen LogP contribution in [0.5, 0.6) is 0 Å². The highest BCUT2D eigenvalue weighted by Gasteiger charge is 2.86. The van der Waals surface area contributed by atoms with Crippen molar-refractivity contribution in [3.8, 4) is 0 Å². The van der Waals surface area contributed by atoms with Gasteiger partial charge in [-0.25, -0.2) is 9.59 Å². The molecule has 328 valence electrons. The molecule has 0 N–H and O–H groups in total. The van der Waals surface area contributed by atoms with Crippen molar-refractivity contribution in [2.45, 2.75) is 111 Å². The molecule has 61 heavy (non-hydrogen) atoms. The number of cyclic esters (lactones) is 1. The molecule has 0 unspecified atom stereocenters. The Kier molecular flexibility index (Phi) is 12.6. The Bertz CT molecular complexity index is 2090. The predicted molar refractivity (Wildman–Crippen MR) is 207 cm³/mol. The van der Waals surface area contributed by atoms with Crippen molar-refractivity contribution in [2.24, 2.45) is 34.0 Å². The average molecular weight is 850 g/mol. The highest BCUT2D eigenvalue weighted by molar-refractivity contribution is 5.91. The minimum absolute atomic E-state index is 0.0696. The van der Waals surface area contributed by atoms with Crippen molar-refractivity contribution in [2.75, 3.05) is 13.2 Å². The Morgan fingerprint density at radius 3 is 1.97 bits per heavy atom. The maximum absolute atomic E-state index is 14.4. The second-order valence-electron chi connectivity index (χ2n) is 16.8. The van der Waals surface area contributed by atoms with E-state index in [-0.39, 0.29) is 30.4 Å². The van der Waals surface area contributed by atoms with E-state index in [0.717, 1.165) is 34.6 Å². The van der Waals surface area contributed by atoms with Crippen molar-refractivity contribution in [1.82, 2.24) is 4.98 Å². The summed E-state index contributed by atoms with van der Waals surface area (Å²) in [6.07, 6.45) is -8.18. The lowest BCUT2D eigenvalue weighted by atomic mass is 9.42. The number of nitrogens with zero attached hydrogens (tertiary/aromatic N) is 1. The first-order valence-corrected chi connectivity index (χ1v) is 20.2. The van der Waals surface area contributed by atoms with E-state index < -0.39 is 132 Å². The van der Waals surface area contributed by atoms with Gasteiger partial charge in [-0.3, -0.25) is 33.8 Å². The lowest BCUT2D eigenvalue weighted by molar-refractivity contribution is -0.333. The van der Waals surface area contributed by atoms with Crippen LogP contribution < -0.4 is 0 Å². The molecule has 1 aliphatic heterocycles. The predicted octanol–water partition coefficient (Wildman–Crippen LogP) is 3.91. The number of esters is 8. The molecule has 3 fully saturated rings. The van der Waals surface area contributed by atoms with Crippen molar-refractivity contribution in [3.63, 3.8) is 0 Å². The van der Waals surface area contributed by atoms with Gasteiger partial charge in [-0.2, -0.15) is 0 Å². The molecule has 4 aliphatic rings. The Hall–Kier alpha value is -5.87. The zero-order valence-electron chi connectivity index (χ0n) is 35.3. The monoisotopic (exact) mass is 849 g/mol. The van der Waals surface area contributed by atoms with Crippen LogP contribution in [-0.2, 0) is 73.1 Å². The number of pyridine rings is 1. The summed E-state index contributed by atoms with van der Waals surface area (Å²) in [5.41, 5.74) is -4.74. The molecular weight excluding hydrogens is 798 g/mol. The molecule has 1 aromatic carbocycles. The largest absolute Gasteiger partial charge is 0.465 e. The third-order valence-corrected chi connectivity index (χ3v) is 12.9. The Labute approximate surface area is 352 Å². The lowest BCUT2D eigenvalue weighted by Gasteiger charge is -2.67. The van der Waals surface area contributed by atoms with Gasteiger partial charge in [0.25, 0.3) is 0 Å². The van der Waals surface area contributed by atoms with Crippen molar-refractivity contribution >= 4 is 47.8 Å². The van der Waals surface area contributed by atoms with Gasteiger partial charge in [0.15, 0.2) is 18.3 Å². The maximum atomic E-state index is 14.4. The van der Waals surface area contributed by atoms with E-state index in [1.54, 1.807) is 45.0 Å². The average Bonchev–Trinajstić information content (AvgIpc) is 3.41. The van der Waals surface area contributed by atoms with Crippen LogP contribution in [-0.4, -0.2) is 103 Å². The van der Waals surface area contributed by atoms with Gasteiger partial charge >= 0.3 is 47.8 Å². The summed E-state index contributed by atoms with van der Waals surface area (Å²) in [7, 11) is 0. The van der Waals surface area contributed by atoms with Crippen LogP contribution in [0.4, 0.5) is 0 Å². The van der Waals surface area contributed by atoms with Gasteiger partial charge in [0.2, 0.25) is 0 Å². The zero-order valence-corrected chi connectivity index (χ0v) is 35.3. The fraction of sp³-hybridized carbons (Fsp3) is 0.568. The van der Waals surface area contributed by atoms with Crippen molar-refractivity contribution in [1.29, 1.82) is 0 Å². The molecular formula is C44H51NO16. The summed E-state index contributed by atoms with van der Waals surface area (Å²) in [4.78, 5) is 114. The van der Waals surface area contributed by atoms with Crippen LogP contribution in [0.2, 0.25) is 0 Å². The number of carbonyl (C=O) groups is 8. The van der Waals surface area contributed by atoms with Gasteiger partial charge < -0.3 is 37.9 Å². The first kappa shape index (κ1) is 44.7. The number of ether oxygens (including phenoxy) is 8. The molecule has 2 heterocycles. The number of rotatable bonds is 8. The molecule has 1 aromatic heterocycles. The van der Waals surface area contributed by atoms with E-state index >= 15 is 0 Å². The van der Waals surface area contributed by atoms with E-state index in [1.165, 1.54) is 24.4 Å². The highest BCUT2D eigenvalue weighted by atomic mass is 16.6. The van der Waals surface area contributed by atoms with E-state index in [9.17, 15) is 38.4 Å².